The summed E-state index contributed by atoms with van der Waals surface area (Å²) in [6.07, 6.45) is 5.10. The predicted octanol–water partition coefficient (Wildman–Crippen LogP) is 10.7. The molecule has 2 aliphatic rings. The van der Waals surface area contributed by atoms with Gasteiger partial charge in [-0.1, -0.05) is 0 Å². The van der Waals surface area contributed by atoms with Crippen molar-refractivity contribution in [1.82, 2.24) is 0 Å². The molecule has 2 aliphatic carbocycles. The molecule has 0 amide bonds. The molecular weight excluding hydrogens is 623 g/mol. The Morgan fingerprint density at radius 1 is 0.800 bits per heavy atom. The van der Waals surface area contributed by atoms with Crippen molar-refractivity contribution in [3.63, 3.8) is 0 Å². The van der Waals surface area contributed by atoms with E-state index in [-0.39, 0.29) is 30.2 Å². The van der Waals surface area contributed by atoms with Crippen LogP contribution in [0.25, 0.3) is 23.3 Å². The van der Waals surface area contributed by atoms with Crippen molar-refractivity contribution in [2.45, 2.75) is 77.3 Å². The van der Waals surface area contributed by atoms with E-state index in [9.17, 15) is 0 Å². The molecule has 40 heavy (non-hydrogen) atoms. The summed E-state index contributed by atoms with van der Waals surface area (Å²) in [5, 5.41) is 0. The van der Waals surface area contributed by atoms with E-state index in [0.717, 1.165) is 0 Å². The quantitative estimate of drug-likeness (QED) is 0.242. The van der Waals surface area contributed by atoms with Crippen LogP contribution in [-0.4, -0.2) is 6.88 Å². The number of rotatable bonds is 4. The van der Waals surface area contributed by atoms with Gasteiger partial charge in [0.1, 0.15) is 0 Å². The first-order valence-electron chi connectivity index (χ1n) is 14.4. The van der Waals surface area contributed by atoms with Gasteiger partial charge in [-0.05, 0) is 0 Å². The van der Waals surface area contributed by atoms with Gasteiger partial charge in [0.15, 0.2) is 0 Å². The number of allylic oxidation sites excluding steroid dienone is 2. The van der Waals surface area contributed by atoms with Gasteiger partial charge in [-0.2, -0.15) is 0 Å². The van der Waals surface area contributed by atoms with Gasteiger partial charge in [0.25, 0.3) is 0 Å². The Hall–Kier alpha value is -1.18. The minimum absolute atomic E-state index is 0. The minimum Gasteiger partial charge on any atom is -0.147 e. The average molecular weight is 671 g/mol. The number of halogens is 2. The molecule has 0 saturated heterocycles. The molecule has 2 unspecified atom stereocenters. The summed E-state index contributed by atoms with van der Waals surface area (Å²) in [7, 11) is 0. The Labute approximate surface area is 258 Å². The fourth-order valence-electron chi connectivity index (χ4n) is 7.75. The van der Waals surface area contributed by atoms with E-state index in [4.69, 9.17) is 0 Å². The van der Waals surface area contributed by atoms with Crippen LogP contribution in [0.5, 0.6) is 0 Å². The molecule has 0 saturated carbocycles. The Morgan fingerprint density at radius 3 is 1.98 bits per heavy atom. The van der Waals surface area contributed by atoms with Crippen LogP contribution in [0.1, 0.15) is 87.7 Å². The molecule has 0 heterocycles. The molecule has 3 aromatic carbocycles. The molecule has 0 spiro atoms. The normalized spacial score (nSPS) is 18.4. The van der Waals surface area contributed by atoms with Crippen LogP contribution < -0.4 is 0 Å². The van der Waals surface area contributed by atoms with Crippen molar-refractivity contribution in [3.05, 3.63) is 105 Å². The van der Waals surface area contributed by atoms with Crippen LogP contribution in [0.4, 0.5) is 0 Å². The van der Waals surface area contributed by atoms with Crippen LogP contribution in [0, 0.1) is 19.8 Å². The molecule has 0 aliphatic heterocycles. The molecule has 0 bridgehead atoms. The summed E-state index contributed by atoms with van der Waals surface area (Å²) in [6.45, 7) is 21.2. The van der Waals surface area contributed by atoms with Gasteiger partial charge >= 0.3 is 235 Å². The van der Waals surface area contributed by atoms with Crippen molar-refractivity contribution in [3.8, 4) is 11.1 Å². The van der Waals surface area contributed by atoms with Crippen LogP contribution in [0.15, 0.2) is 65.7 Å². The fraction of sp³-hybridized carbons (Fsp3) is 0.389. The maximum atomic E-state index is 2.76. The van der Waals surface area contributed by atoms with Gasteiger partial charge < -0.3 is 0 Å². The molecule has 214 valence electrons. The fourth-order valence-corrected chi connectivity index (χ4v) is 28.3. The summed E-state index contributed by atoms with van der Waals surface area (Å²) in [5.74, 6) is 0.562. The molecule has 0 N–H and O–H groups in total. The number of fused-ring (bicyclic) bond motifs is 2. The maximum absolute atomic E-state index is 3.51. The largest absolute Gasteiger partial charge is 0.147 e. The van der Waals surface area contributed by atoms with Gasteiger partial charge in [-0.15, -0.1) is 24.8 Å². The Morgan fingerprint density at radius 2 is 1.40 bits per heavy atom. The van der Waals surface area contributed by atoms with Crippen LogP contribution >= 0.6 is 24.8 Å². The first-order valence-corrected chi connectivity index (χ1v) is 28.1. The number of hydrogen-bond acceptors (Lipinski definition) is 0. The molecule has 5 rings (SSSR count). The zero-order chi connectivity index (χ0) is 27.8. The number of aryl methyl sites for hydroxylation is 1. The molecular formula is C36H48Cl2SiZr. The van der Waals surface area contributed by atoms with Crippen LogP contribution in [0.2, 0.25) is 9.26 Å². The molecule has 4 heteroatoms. The zero-order valence-corrected chi connectivity index (χ0v) is 31.6. The minimum atomic E-state index is -3.51. The van der Waals surface area contributed by atoms with Gasteiger partial charge in [0.05, 0.1) is 0 Å². The summed E-state index contributed by atoms with van der Waals surface area (Å²) < 4.78 is 6.65. The Balaban J connectivity index is 0.00000220. The standard InChI is InChI=1S/C22H25.C12H13.2CH3.2ClH.H2Si.Zr/c1-14-11-18-13-15(2)16(3)21(20(18)12-14)17-7-9-19(10-8-17)22(4,5)6;1-9(2)12-7-10-5-3-4-6-11(10)8-12;;;;;;/h7-13H,1-6H3;3-9H,1-2H3;2*1H3;2*1H;1H2;. The van der Waals surface area contributed by atoms with E-state index >= 15 is 0 Å². The van der Waals surface area contributed by atoms with Gasteiger partial charge in [-0.25, -0.2) is 0 Å². The Kier molecular flexibility index (Phi) is 9.29. The van der Waals surface area contributed by atoms with Gasteiger partial charge in [-0.3, -0.25) is 0 Å². The summed E-state index contributed by atoms with van der Waals surface area (Å²) >= 11 is -3.51. The smallest absolute Gasteiger partial charge is 0.147 e. The first-order chi connectivity index (χ1) is 17.6. The van der Waals surface area contributed by atoms with Crippen LogP contribution in [0.3, 0.4) is 0 Å². The summed E-state index contributed by atoms with van der Waals surface area (Å²) in [5.41, 5.74) is 16.6. The molecule has 0 radical (unpaired) electrons. The summed E-state index contributed by atoms with van der Waals surface area (Å²) in [6, 6.07) is 21.2. The number of hydrogen-bond donors (Lipinski definition) is 0. The SMILES string of the molecule is CC1=Cc2c(cc(C)c(C)c2-c2ccc(C(C)(C)C)cc2)[CH]1[Zr]([CH3])([CH3])(=[SiH2])[CH]1C(C(C)C)=Cc2ccccc21.Cl.Cl. The first kappa shape index (κ1) is 33.3. The topological polar surface area (TPSA) is 0 Å². The second-order valence-electron chi connectivity index (χ2n) is 14.6. The van der Waals surface area contributed by atoms with E-state index in [1.54, 1.807) is 22.3 Å². The van der Waals surface area contributed by atoms with Crippen molar-refractivity contribution >= 4 is 43.8 Å². The van der Waals surface area contributed by atoms with E-state index in [0.29, 0.717) is 13.2 Å². The predicted molar refractivity (Wildman–Crippen MR) is 183 cm³/mol. The average Bonchev–Trinajstić information content (AvgIpc) is 3.38. The third kappa shape index (κ3) is 5.37. The van der Waals surface area contributed by atoms with E-state index in [2.05, 4.69) is 138 Å². The third-order valence-corrected chi connectivity index (χ3v) is 27.2. The summed E-state index contributed by atoms with van der Waals surface area (Å²) in [4.78, 5) is 0. The second kappa shape index (κ2) is 11.1. The van der Waals surface area contributed by atoms with Crippen molar-refractivity contribution in [1.29, 1.82) is 0 Å². The molecule has 0 fully saturated rings. The maximum Gasteiger partial charge on any atom is -0.147 e. The monoisotopic (exact) mass is 668 g/mol. The molecule has 3 aromatic rings. The molecule has 2 atom stereocenters. The molecule has 0 nitrogen and oxygen atoms in total. The van der Waals surface area contributed by atoms with E-state index in [1.807, 2.05) is 0 Å². The van der Waals surface area contributed by atoms with Crippen LogP contribution in [-0.2, 0) is 22.8 Å². The zero-order valence-electron chi connectivity index (χ0n) is 26.1. The van der Waals surface area contributed by atoms with Gasteiger partial charge in [0.2, 0.25) is 0 Å². The number of benzene rings is 3. The molecule has 0 aromatic heterocycles. The Bertz CT molecular complexity index is 1580. The third-order valence-electron chi connectivity index (χ3n) is 9.62. The van der Waals surface area contributed by atoms with E-state index < -0.39 is 17.4 Å². The van der Waals surface area contributed by atoms with Gasteiger partial charge in [0, 0.05) is 0 Å². The van der Waals surface area contributed by atoms with E-state index in [1.165, 1.54) is 38.9 Å². The van der Waals surface area contributed by atoms with Crippen molar-refractivity contribution in [2.24, 2.45) is 5.92 Å². The van der Waals surface area contributed by atoms with Crippen molar-refractivity contribution < 1.29 is 17.4 Å². The van der Waals surface area contributed by atoms with Crippen molar-refractivity contribution in [2.75, 3.05) is 0 Å². The second-order valence-corrected chi connectivity index (χ2v) is 45.1.